The number of urea groups is 1. The van der Waals surface area contributed by atoms with Gasteiger partial charge in [-0.05, 0) is 55.9 Å². The minimum Gasteiger partial charge on any atom is -0.493 e. The Morgan fingerprint density at radius 2 is 1.87 bits per heavy atom. The highest BCUT2D eigenvalue weighted by Crippen LogP contribution is 2.25. The molecule has 3 amide bonds. The van der Waals surface area contributed by atoms with E-state index >= 15 is 0 Å². The van der Waals surface area contributed by atoms with Crippen molar-refractivity contribution >= 4 is 11.9 Å². The molecule has 0 unspecified atom stereocenters. The van der Waals surface area contributed by atoms with Crippen molar-refractivity contribution in [2.45, 2.75) is 45.1 Å². The highest BCUT2D eigenvalue weighted by atomic mass is 16.5. The van der Waals surface area contributed by atoms with Crippen LogP contribution in [0.3, 0.4) is 0 Å². The number of quaternary nitrogens is 2. The van der Waals surface area contributed by atoms with Crippen molar-refractivity contribution in [3.8, 4) is 5.75 Å². The summed E-state index contributed by atoms with van der Waals surface area (Å²) in [6.45, 7) is 6.75. The van der Waals surface area contributed by atoms with Crippen LogP contribution in [0.15, 0.2) is 29.8 Å². The Kier molecular flexibility index (Phi) is 7.59. The maximum Gasteiger partial charge on any atom is 0.321 e. The predicted octanol–water partition coefficient (Wildman–Crippen LogP) is -0.379. The summed E-state index contributed by atoms with van der Waals surface area (Å²) in [6, 6.07) is 6.18. The molecule has 2 aliphatic heterocycles. The van der Waals surface area contributed by atoms with Gasteiger partial charge in [-0.3, -0.25) is 10.1 Å². The number of nitrogens with one attached hydrogen (secondary N) is 4. The first-order valence-corrected chi connectivity index (χ1v) is 11.8. The molecule has 1 saturated heterocycles. The first kappa shape index (κ1) is 21.8. The number of rotatable bonds is 7. The van der Waals surface area contributed by atoms with Crippen LogP contribution in [0.25, 0.3) is 0 Å². The molecule has 1 fully saturated rings. The second-order valence-corrected chi connectivity index (χ2v) is 9.06. The van der Waals surface area contributed by atoms with Crippen molar-refractivity contribution in [2.75, 3.05) is 45.9 Å². The van der Waals surface area contributed by atoms with Crippen molar-refractivity contribution in [3.63, 3.8) is 0 Å². The van der Waals surface area contributed by atoms with E-state index in [1.807, 2.05) is 0 Å². The largest absolute Gasteiger partial charge is 0.493 e. The molecule has 168 valence electrons. The molecule has 1 aromatic carbocycles. The number of piperazine rings is 1. The molecular weight excluding hydrogens is 392 g/mol. The molecule has 4 rings (SSSR count). The van der Waals surface area contributed by atoms with Crippen molar-refractivity contribution in [3.05, 3.63) is 41.0 Å². The van der Waals surface area contributed by atoms with Gasteiger partial charge in [0.1, 0.15) is 38.5 Å². The zero-order valence-corrected chi connectivity index (χ0v) is 18.4. The van der Waals surface area contributed by atoms with Crippen LogP contribution in [0.1, 0.15) is 43.2 Å². The molecule has 2 heterocycles. The monoisotopic (exact) mass is 428 g/mol. The Bertz CT molecular complexity index is 815. The molecule has 0 spiro atoms. The van der Waals surface area contributed by atoms with E-state index in [0.29, 0.717) is 13.1 Å². The molecule has 4 N–H and O–H groups in total. The van der Waals surface area contributed by atoms with Crippen LogP contribution in [0, 0.1) is 0 Å². The number of allylic oxidation sites excluding steroid dienone is 1. The van der Waals surface area contributed by atoms with Gasteiger partial charge in [-0.2, -0.15) is 0 Å². The second-order valence-electron chi connectivity index (χ2n) is 9.06. The molecule has 7 nitrogen and oxygen atoms in total. The van der Waals surface area contributed by atoms with Crippen molar-refractivity contribution in [1.82, 2.24) is 10.6 Å². The highest BCUT2D eigenvalue weighted by Gasteiger charge is 2.26. The third-order valence-corrected chi connectivity index (χ3v) is 6.65. The Balaban J connectivity index is 1.11. The molecule has 0 atom stereocenters. The zero-order chi connectivity index (χ0) is 21.5. The second kappa shape index (κ2) is 10.8. The Hall–Kier alpha value is -2.38. The highest BCUT2D eigenvalue weighted by molar-refractivity contribution is 5.94. The van der Waals surface area contributed by atoms with Gasteiger partial charge >= 0.3 is 6.03 Å². The average Bonchev–Trinajstić information content (AvgIpc) is 3.24. The van der Waals surface area contributed by atoms with Gasteiger partial charge in [0, 0.05) is 18.5 Å². The lowest BCUT2D eigenvalue weighted by Crippen LogP contribution is -3.28. The van der Waals surface area contributed by atoms with E-state index < -0.39 is 0 Å². The molecular formula is C24H36N4O3+2. The van der Waals surface area contributed by atoms with Gasteiger partial charge < -0.3 is 19.9 Å². The van der Waals surface area contributed by atoms with Crippen LogP contribution in [0.2, 0.25) is 0 Å². The van der Waals surface area contributed by atoms with Gasteiger partial charge in [0.15, 0.2) is 6.54 Å². The molecule has 1 aromatic rings. The van der Waals surface area contributed by atoms with Gasteiger partial charge in [0.05, 0.1) is 6.61 Å². The topological polar surface area (TPSA) is 76.3 Å². The predicted molar refractivity (Wildman–Crippen MR) is 118 cm³/mol. The summed E-state index contributed by atoms with van der Waals surface area (Å²) in [4.78, 5) is 27.0. The first-order chi connectivity index (χ1) is 15.2. The summed E-state index contributed by atoms with van der Waals surface area (Å²) in [5, 5.41) is 5.31. The maximum atomic E-state index is 12.2. The molecule has 3 aliphatic rings. The maximum absolute atomic E-state index is 12.2. The summed E-state index contributed by atoms with van der Waals surface area (Å²) in [7, 11) is 0. The molecule has 0 radical (unpaired) electrons. The van der Waals surface area contributed by atoms with Crippen LogP contribution < -0.4 is 25.2 Å². The average molecular weight is 429 g/mol. The quantitative estimate of drug-likeness (QED) is 0.448. The van der Waals surface area contributed by atoms with Gasteiger partial charge in [-0.25, -0.2) is 4.79 Å². The summed E-state index contributed by atoms with van der Waals surface area (Å²) in [5.74, 6) is 0.848. The number of benzene rings is 1. The molecule has 0 saturated carbocycles. The molecule has 0 aromatic heterocycles. The minimum atomic E-state index is -0.370. The van der Waals surface area contributed by atoms with Crippen LogP contribution in [0.4, 0.5) is 4.79 Å². The SMILES string of the molecule is O=C(C[NH+]1CC[NH+](Cc2ccc3c(c2)CCO3)CC1)NC(=O)NCCC1=CCCCC1. The van der Waals surface area contributed by atoms with Crippen molar-refractivity contribution in [2.24, 2.45) is 0 Å². The fraction of sp³-hybridized carbons (Fsp3) is 0.583. The van der Waals surface area contributed by atoms with Crippen molar-refractivity contribution in [1.29, 1.82) is 0 Å². The molecule has 31 heavy (non-hydrogen) atoms. The number of hydrogen-bond acceptors (Lipinski definition) is 3. The Morgan fingerprint density at radius 1 is 1.03 bits per heavy atom. The number of imide groups is 1. The van der Waals surface area contributed by atoms with Crippen LogP contribution in [-0.2, 0) is 17.8 Å². The lowest BCUT2D eigenvalue weighted by atomic mass is 9.97. The van der Waals surface area contributed by atoms with Crippen LogP contribution >= 0.6 is 0 Å². The summed E-state index contributed by atoms with van der Waals surface area (Å²) in [5.41, 5.74) is 4.11. The lowest BCUT2D eigenvalue weighted by molar-refractivity contribution is -1.02. The van der Waals surface area contributed by atoms with Gasteiger partial charge in [0.25, 0.3) is 5.91 Å². The van der Waals surface area contributed by atoms with E-state index in [1.165, 1.54) is 34.4 Å². The first-order valence-electron chi connectivity index (χ1n) is 11.8. The number of carbonyl (C=O) groups is 2. The van der Waals surface area contributed by atoms with Gasteiger partial charge in [-0.1, -0.05) is 11.6 Å². The summed E-state index contributed by atoms with van der Waals surface area (Å²) >= 11 is 0. The molecule has 0 bridgehead atoms. The third-order valence-electron chi connectivity index (χ3n) is 6.65. The van der Waals surface area contributed by atoms with E-state index in [-0.39, 0.29) is 11.9 Å². The lowest BCUT2D eigenvalue weighted by Gasteiger charge is -2.29. The molecule has 7 heteroatoms. The number of ether oxygens (including phenoxy) is 1. The molecule has 1 aliphatic carbocycles. The van der Waals surface area contributed by atoms with Gasteiger partial charge in [0.2, 0.25) is 0 Å². The van der Waals surface area contributed by atoms with E-state index in [4.69, 9.17) is 4.74 Å². The van der Waals surface area contributed by atoms with E-state index in [0.717, 1.165) is 70.8 Å². The third kappa shape index (κ3) is 6.55. The van der Waals surface area contributed by atoms with E-state index in [9.17, 15) is 9.59 Å². The number of hydrogen-bond donors (Lipinski definition) is 4. The summed E-state index contributed by atoms with van der Waals surface area (Å²) < 4.78 is 5.59. The number of carbonyl (C=O) groups excluding carboxylic acids is 2. The van der Waals surface area contributed by atoms with Gasteiger partial charge in [-0.15, -0.1) is 0 Å². The van der Waals surface area contributed by atoms with Crippen LogP contribution in [0.5, 0.6) is 5.75 Å². The zero-order valence-electron chi connectivity index (χ0n) is 18.4. The number of fused-ring (bicyclic) bond motifs is 1. The normalized spacial score (nSPS) is 22.8. The van der Waals surface area contributed by atoms with E-state index in [1.54, 1.807) is 4.90 Å². The smallest absolute Gasteiger partial charge is 0.321 e. The minimum absolute atomic E-state index is 0.188. The number of amides is 3. The Morgan fingerprint density at radius 3 is 2.68 bits per heavy atom. The fourth-order valence-corrected chi connectivity index (χ4v) is 4.86. The van der Waals surface area contributed by atoms with E-state index in [2.05, 4.69) is 34.9 Å². The fourth-order valence-electron chi connectivity index (χ4n) is 4.86. The summed E-state index contributed by atoms with van der Waals surface area (Å²) in [6.07, 6.45) is 8.99. The van der Waals surface area contributed by atoms with Crippen LogP contribution in [-0.4, -0.2) is 57.8 Å². The van der Waals surface area contributed by atoms with Crippen molar-refractivity contribution < 1.29 is 24.1 Å². The standard InChI is InChI=1S/C24H34N4O3/c29-23(26-24(30)25-10-8-19-4-2-1-3-5-19)18-28-13-11-27(12-14-28)17-20-6-7-22-21(16-20)9-15-31-22/h4,6-7,16H,1-3,5,8-15,17-18H2,(H2,25,26,29,30)/p+2. The Labute approximate surface area is 184 Å².